The fourth-order valence-electron chi connectivity index (χ4n) is 1.87. The summed E-state index contributed by atoms with van der Waals surface area (Å²) in [6.45, 7) is 3.60. The Hall–Kier alpha value is -1.11. The van der Waals surface area contributed by atoms with Gasteiger partial charge >= 0.3 is 6.18 Å². The average molecular weight is 266 g/mol. The first-order chi connectivity index (χ1) is 8.23. The fraction of sp³-hybridized carbons (Fsp3) is 0.818. The van der Waals surface area contributed by atoms with E-state index in [-0.39, 0.29) is 0 Å². The number of Topliss-reactive ketones (excluding diaryl/α,β-unsaturated/α-hetero) is 1. The maximum atomic E-state index is 12.4. The molecule has 0 saturated carbocycles. The van der Waals surface area contributed by atoms with Gasteiger partial charge in [0.05, 0.1) is 12.1 Å². The third kappa shape index (κ3) is 3.69. The minimum absolute atomic E-state index is 0.493. The molecular weight excluding hydrogens is 249 g/mol. The molecule has 7 heteroatoms. The Balaban J connectivity index is 2.68. The number of rotatable bonds is 4. The molecule has 1 fully saturated rings. The molecule has 0 aromatic carbocycles. The molecule has 2 atom stereocenters. The van der Waals surface area contributed by atoms with Gasteiger partial charge in [-0.3, -0.25) is 9.59 Å². The molecule has 0 bridgehead atoms. The van der Waals surface area contributed by atoms with Crippen LogP contribution in [0.25, 0.3) is 0 Å². The monoisotopic (exact) mass is 266 g/mol. The maximum Gasteiger partial charge on any atom is 0.452 e. The highest BCUT2D eigenvalue weighted by Gasteiger charge is 2.45. The van der Waals surface area contributed by atoms with E-state index in [9.17, 15) is 22.8 Å². The SMILES string of the molecule is CC(C)[C@H](NC(=O)C1CCCN1)C(=O)C(F)(F)F. The lowest BCUT2D eigenvalue weighted by molar-refractivity contribution is -0.175. The molecule has 1 aliphatic rings. The zero-order valence-electron chi connectivity index (χ0n) is 10.3. The van der Waals surface area contributed by atoms with E-state index >= 15 is 0 Å². The molecule has 1 aliphatic heterocycles. The Bertz CT molecular complexity index is 323. The summed E-state index contributed by atoms with van der Waals surface area (Å²) >= 11 is 0. The van der Waals surface area contributed by atoms with E-state index in [4.69, 9.17) is 0 Å². The summed E-state index contributed by atoms with van der Waals surface area (Å²) in [5, 5.41) is 5.07. The van der Waals surface area contributed by atoms with Gasteiger partial charge in [-0.25, -0.2) is 0 Å². The Morgan fingerprint density at radius 1 is 1.33 bits per heavy atom. The zero-order valence-corrected chi connectivity index (χ0v) is 10.3. The van der Waals surface area contributed by atoms with Gasteiger partial charge in [-0.2, -0.15) is 13.2 Å². The lowest BCUT2D eigenvalue weighted by atomic mass is 9.99. The van der Waals surface area contributed by atoms with E-state index in [0.29, 0.717) is 13.0 Å². The first-order valence-corrected chi connectivity index (χ1v) is 5.88. The van der Waals surface area contributed by atoms with Crippen molar-refractivity contribution in [3.05, 3.63) is 0 Å². The third-order valence-corrected chi connectivity index (χ3v) is 2.90. The number of nitrogens with one attached hydrogen (secondary N) is 2. The minimum atomic E-state index is -4.93. The zero-order chi connectivity index (χ0) is 13.9. The smallest absolute Gasteiger partial charge is 0.344 e. The predicted octanol–water partition coefficient (Wildman–Crippen LogP) is 1.01. The number of hydrogen-bond acceptors (Lipinski definition) is 3. The van der Waals surface area contributed by atoms with E-state index in [1.807, 2.05) is 0 Å². The summed E-state index contributed by atoms with van der Waals surface area (Å²) in [6, 6.07) is -2.01. The summed E-state index contributed by atoms with van der Waals surface area (Å²) < 4.78 is 37.1. The van der Waals surface area contributed by atoms with Crippen LogP contribution in [-0.4, -0.2) is 36.5 Å². The van der Waals surface area contributed by atoms with Gasteiger partial charge < -0.3 is 10.6 Å². The van der Waals surface area contributed by atoms with Crippen molar-refractivity contribution in [2.75, 3.05) is 6.54 Å². The lowest BCUT2D eigenvalue weighted by Gasteiger charge is -2.23. The summed E-state index contributed by atoms with van der Waals surface area (Å²) in [5.41, 5.74) is 0. The Labute approximate surface area is 103 Å². The summed E-state index contributed by atoms with van der Waals surface area (Å²) in [6.07, 6.45) is -3.54. The molecule has 1 heterocycles. The van der Waals surface area contributed by atoms with E-state index in [1.54, 1.807) is 0 Å². The van der Waals surface area contributed by atoms with E-state index in [2.05, 4.69) is 10.6 Å². The number of alkyl halides is 3. The highest BCUT2D eigenvalue weighted by molar-refractivity contribution is 5.94. The number of halogens is 3. The van der Waals surface area contributed by atoms with Crippen LogP contribution >= 0.6 is 0 Å². The quantitative estimate of drug-likeness (QED) is 0.798. The van der Waals surface area contributed by atoms with E-state index < -0.39 is 35.9 Å². The van der Waals surface area contributed by atoms with Crippen LogP contribution in [0.2, 0.25) is 0 Å². The molecule has 0 radical (unpaired) electrons. The fourth-order valence-corrected chi connectivity index (χ4v) is 1.87. The second-order valence-corrected chi connectivity index (χ2v) is 4.74. The van der Waals surface area contributed by atoms with Crippen LogP contribution in [0.3, 0.4) is 0 Å². The molecule has 2 N–H and O–H groups in total. The number of amides is 1. The van der Waals surface area contributed by atoms with Crippen LogP contribution in [0.1, 0.15) is 26.7 Å². The van der Waals surface area contributed by atoms with Crippen LogP contribution in [-0.2, 0) is 9.59 Å². The molecule has 0 spiro atoms. The summed E-state index contributed by atoms with van der Waals surface area (Å²) in [4.78, 5) is 22.9. The molecule has 1 rings (SSSR count). The number of ketones is 1. The molecule has 18 heavy (non-hydrogen) atoms. The Kier molecular flexibility index (Phi) is 4.72. The van der Waals surface area contributed by atoms with Crippen molar-refractivity contribution < 1.29 is 22.8 Å². The van der Waals surface area contributed by atoms with Gasteiger partial charge in [0.2, 0.25) is 5.91 Å². The van der Waals surface area contributed by atoms with Crippen molar-refractivity contribution >= 4 is 11.7 Å². The van der Waals surface area contributed by atoms with Gasteiger partial charge in [-0.15, -0.1) is 0 Å². The predicted molar refractivity (Wildman–Crippen MR) is 58.9 cm³/mol. The lowest BCUT2D eigenvalue weighted by Crippen LogP contribution is -2.53. The number of carbonyl (C=O) groups excluding carboxylic acids is 2. The topological polar surface area (TPSA) is 58.2 Å². The van der Waals surface area contributed by atoms with Gasteiger partial charge in [-0.1, -0.05) is 13.8 Å². The van der Waals surface area contributed by atoms with Crippen LogP contribution in [0, 0.1) is 5.92 Å². The molecule has 1 unspecified atom stereocenters. The number of carbonyl (C=O) groups is 2. The molecular formula is C11H17F3N2O2. The Morgan fingerprint density at radius 3 is 2.33 bits per heavy atom. The van der Waals surface area contributed by atoms with Crippen molar-refractivity contribution in [3.8, 4) is 0 Å². The summed E-state index contributed by atoms with van der Waals surface area (Å²) in [5.74, 6) is -3.04. The molecule has 0 aliphatic carbocycles. The van der Waals surface area contributed by atoms with E-state index in [1.165, 1.54) is 13.8 Å². The third-order valence-electron chi connectivity index (χ3n) is 2.90. The van der Waals surface area contributed by atoms with Crippen LogP contribution in [0.5, 0.6) is 0 Å². The normalized spacial score (nSPS) is 22.0. The first kappa shape index (κ1) is 14.9. The largest absolute Gasteiger partial charge is 0.452 e. The standard InChI is InChI=1S/C11H17F3N2O2/c1-6(2)8(9(17)11(12,13)14)16-10(18)7-4-3-5-15-7/h6-8,15H,3-5H2,1-2H3,(H,16,18)/t7?,8-/m0/s1. The van der Waals surface area contributed by atoms with E-state index in [0.717, 1.165) is 6.42 Å². The van der Waals surface area contributed by atoms with Crippen molar-refractivity contribution in [1.82, 2.24) is 10.6 Å². The van der Waals surface area contributed by atoms with Crippen LogP contribution < -0.4 is 10.6 Å². The van der Waals surface area contributed by atoms with Gasteiger partial charge in [0.1, 0.15) is 0 Å². The minimum Gasteiger partial charge on any atom is -0.344 e. The van der Waals surface area contributed by atoms with Crippen LogP contribution in [0.4, 0.5) is 13.2 Å². The molecule has 1 amide bonds. The average Bonchev–Trinajstić information content (AvgIpc) is 2.76. The van der Waals surface area contributed by atoms with Gasteiger partial charge in [0.15, 0.2) is 0 Å². The number of hydrogen-bond donors (Lipinski definition) is 2. The van der Waals surface area contributed by atoms with Gasteiger partial charge in [0, 0.05) is 0 Å². The second kappa shape index (κ2) is 5.69. The highest BCUT2D eigenvalue weighted by atomic mass is 19.4. The first-order valence-electron chi connectivity index (χ1n) is 5.88. The Morgan fingerprint density at radius 2 is 1.94 bits per heavy atom. The van der Waals surface area contributed by atoms with Crippen molar-refractivity contribution in [2.24, 2.45) is 5.92 Å². The van der Waals surface area contributed by atoms with Gasteiger partial charge in [-0.05, 0) is 25.3 Å². The van der Waals surface area contributed by atoms with Gasteiger partial charge in [0.25, 0.3) is 5.78 Å². The van der Waals surface area contributed by atoms with Crippen molar-refractivity contribution in [2.45, 2.75) is 44.9 Å². The highest BCUT2D eigenvalue weighted by Crippen LogP contribution is 2.21. The van der Waals surface area contributed by atoms with Crippen molar-refractivity contribution in [3.63, 3.8) is 0 Å². The molecule has 1 saturated heterocycles. The molecule has 104 valence electrons. The molecule has 0 aromatic heterocycles. The maximum absolute atomic E-state index is 12.4. The molecule has 4 nitrogen and oxygen atoms in total. The van der Waals surface area contributed by atoms with Crippen molar-refractivity contribution in [1.29, 1.82) is 0 Å². The second-order valence-electron chi connectivity index (χ2n) is 4.74. The summed E-state index contributed by atoms with van der Waals surface area (Å²) in [7, 11) is 0. The molecule has 0 aromatic rings. The van der Waals surface area contributed by atoms with Crippen LogP contribution in [0.15, 0.2) is 0 Å².